The molecule has 2 rings (SSSR count). The summed E-state index contributed by atoms with van der Waals surface area (Å²) in [4.78, 5) is 29.0. The number of piperidine rings is 1. The fraction of sp³-hybridized carbons (Fsp3) is 0.727. The minimum atomic E-state index is -0.716. The molecule has 2 aliphatic heterocycles. The van der Waals surface area contributed by atoms with E-state index in [9.17, 15) is 9.59 Å². The van der Waals surface area contributed by atoms with Crippen molar-refractivity contribution in [2.45, 2.75) is 78.9 Å². The Morgan fingerprint density at radius 2 is 1.85 bits per heavy atom. The molecule has 1 amide bonds. The third-order valence-corrected chi connectivity index (χ3v) is 7.14. The summed E-state index contributed by atoms with van der Waals surface area (Å²) in [5.41, 5.74) is 0.577. The van der Waals surface area contributed by atoms with E-state index in [1.54, 1.807) is 11.8 Å². The Kier molecular flexibility index (Phi) is 6.43. The Balaban J connectivity index is 2.12. The van der Waals surface area contributed by atoms with Crippen LogP contribution in [-0.2, 0) is 14.3 Å². The van der Waals surface area contributed by atoms with Gasteiger partial charge in [-0.05, 0) is 64.0 Å². The van der Waals surface area contributed by atoms with Crippen LogP contribution < -0.4 is 0 Å². The van der Waals surface area contributed by atoms with E-state index < -0.39 is 12.1 Å². The van der Waals surface area contributed by atoms with Crippen molar-refractivity contribution in [3.63, 3.8) is 0 Å². The number of rotatable bonds is 4. The van der Waals surface area contributed by atoms with Crippen molar-refractivity contribution in [1.29, 1.82) is 0 Å². The molecule has 2 unspecified atom stereocenters. The van der Waals surface area contributed by atoms with Gasteiger partial charge in [-0.2, -0.15) is 0 Å². The van der Waals surface area contributed by atoms with Crippen LogP contribution in [0.2, 0.25) is 0 Å². The maximum atomic E-state index is 12.7. The molecule has 27 heavy (non-hydrogen) atoms. The van der Waals surface area contributed by atoms with Gasteiger partial charge in [-0.25, -0.2) is 4.79 Å². The number of hydrogen-bond acceptors (Lipinski definition) is 4. The van der Waals surface area contributed by atoms with Crippen LogP contribution in [0.5, 0.6) is 0 Å². The van der Waals surface area contributed by atoms with E-state index >= 15 is 0 Å². The second-order valence-corrected chi connectivity index (χ2v) is 9.08. The Bertz CT molecular complexity index is 621. The second-order valence-electron chi connectivity index (χ2n) is 9.08. The molecular formula is C22H36N2O3. The number of esters is 1. The van der Waals surface area contributed by atoms with Crippen LogP contribution in [-0.4, -0.2) is 46.4 Å². The van der Waals surface area contributed by atoms with Crippen LogP contribution in [0.25, 0.3) is 0 Å². The Morgan fingerprint density at radius 3 is 2.48 bits per heavy atom. The predicted octanol–water partition coefficient (Wildman–Crippen LogP) is 4.10. The molecule has 0 radical (unpaired) electrons. The van der Waals surface area contributed by atoms with Crippen molar-refractivity contribution >= 4 is 11.9 Å². The van der Waals surface area contributed by atoms with E-state index in [4.69, 9.17) is 4.74 Å². The van der Waals surface area contributed by atoms with Gasteiger partial charge in [0.15, 0.2) is 6.10 Å². The zero-order chi connectivity index (χ0) is 20.4. The van der Waals surface area contributed by atoms with Gasteiger partial charge in [-0.1, -0.05) is 27.4 Å². The van der Waals surface area contributed by atoms with Crippen molar-refractivity contribution in [2.75, 3.05) is 13.1 Å². The summed E-state index contributed by atoms with van der Waals surface area (Å²) in [7, 11) is 0. The maximum Gasteiger partial charge on any atom is 0.335 e. The van der Waals surface area contributed by atoms with Crippen LogP contribution in [0.3, 0.4) is 0 Å². The number of carbonyl (C=O) groups is 2. The second kappa shape index (κ2) is 8.07. The highest BCUT2D eigenvalue weighted by atomic mass is 16.5. The van der Waals surface area contributed by atoms with Crippen molar-refractivity contribution in [3.05, 3.63) is 24.6 Å². The molecule has 152 valence electrons. The first-order valence-electron chi connectivity index (χ1n) is 10.1. The molecule has 2 aliphatic rings. The van der Waals surface area contributed by atoms with Gasteiger partial charge in [0.25, 0.3) is 5.91 Å². The molecule has 2 fully saturated rings. The standard InChI is InChI=1S/C22H36N2O3/c1-8-23-13-10-9-11-18(19(23)25)27-20(26)16(2)15-24-14-12-17(3)21(4,5)22(24,6)7/h8,15,17-18H,1,9-14H2,2-7H3/b16-15+. The lowest BCUT2D eigenvalue weighted by Crippen LogP contribution is -2.58. The van der Waals surface area contributed by atoms with Crippen LogP contribution in [0.4, 0.5) is 0 Å². The van der Waals surface area contributed by atoms with Crippen LogP contribution in [0.15, 0.2) is 24.6 Å². The molecular weight excluding hydrogens is 340 g/mol. The van der Waals surface area contributed by atoms with E-state index in [-0.39, 0.29) is 16.9 Å². The largest absolute Gasteiger partial charge is 0.449 e. The number of hydrogen-bond donors (Lipinski definition) is 0. The average Bonchev–Trinajstić information content (AvgIpc) is 2.78. The average molecular weight is 377 g/mol. The molecule has 0 aliphatic carbocycles. The van der Waals surface area contributed by atoms with Crippen molar-refractivity contribution < 1.29 is 14.3 Å². The van der Waals surface area contributed by atoms with Gasteiger partial charge >= 0.3 is 5.97 Å². The first-order chi connectivity index (χ1) is 12.5. The van der Waals surface area contributed by atoms with Crippen molar-refractivity contribution in [1.82, 2.24) is 9.80 Å². The lowest BCUT2D eigenvalue weighted by atomic mass is 9.62. The molecule has 0 aromatic heterocycles. The first kappa shape index (κ1) is 21.5. The highest BCUT2D eigenvalue weighted by Gasteiger charge is 2.47. The third-order valence-electron chi connectivity index (χ3n) is 7.14. The summed E-state index contributed by atoms with van der Waals surface area (Å²) in [5, 5.41) is 0. The van der Waals surface area contributed by atoms with E-state index in [1.807, 2.05) is 6.20 Å². The summed E-state index contributed by atoms with van der Waals surface area (Å²) in [6.45, 7) is 18.4. The van der Waals surface area contributed by atoms with E-state index in [2.05, 4.69) is 46.1 Å². The number of likely N-dealkylation sites (tertiary alicyclic amines) is 2. The van der Waals surface area contributed by atoms with E-state index in [1.165, 1.54) is 6.20 Å². The number of amides is 1. The lowest BCUT2D eigenvalue weighted by molar-refractivity contribution is -0.155. The Morgan fingerprint density at radius 1 is 1.19 bits per heavy atom. The molecule has 0 aromatic rings. The molecule has 0 bridgehead atoms. The van der Waals surface area contributed by atoms with Crippen LogP contribution >= 0.6 is 0 Å². The Hall–Kier alpha value is -1.78. The zero-order valence-corrected chi connectivity index (χ0v) is 17.9. The van der Waals surface area contributed by atoms with E-state index in [0.29, 0.717) is 24.5 Å². The molecule has 0 spiro atoms. The lowest BCUT2D eigenvalue weighted by Gasteiger charge is -2.56. The monoisotopic (exact) mass is 376 g/mol. The predicted molar refractivity (Wildman–Crippen MR) is 108 cm³/mol. The minimum Gasteiger partial charge on any atom is -0.449 e. The third kappa shape index (κ3) is 4.22. The smallest absolute Gasteiger partial charge is 0.335 e. The first-order valence-corrected chi connectivity index (χ1v) is 10.1. The molecule has 0 aromatic carbocycles. The number of carbonyl (C=O) groups excluding carboxylic acids is 2. The Labute approximate surface area is 164 Å². The van der Waals surface area contributed by atoms with Gasteiger partial charge in [0.1, 0.15) is 0 Å². The summed E-state index contributed by atoms with van der Waals surface area (Å²) in [5.74, 6) is 0.0290. The van der Waals surface area contributed by atoms with Crippen LogP contribution in [0, 0.1) is 11.3 Å². The van der Waals surface area contributed by atoms with E-state index in [0.717, 1.165) is 25.8 Å². The molecule has 0 saturated carbocycles. The summed E-state index contributed by atoms with van der Waals surface area (Å²) in [6, 6.07) is 0. The highest BCUT2D eigenvalue weighted by Crippen LogP contribution is 2.47. The quantitative estimate of drug-likeness (QED) is 0.547. The van der Waals surface area contributed by atoms with Gasteiger partial charge in [0.2, 0.25) is 0 Å². The summed E-state index contributed by atoms with van der Waals surface area (Å²) in [6.07, 6.45) is 6.15. The molecule has 5 heteroatoms. The minimum absolute atomic E-state index is 0.0794. The SMILES string of the molecule is C=CN1CCCCC(OC(=O)/C(C)=C/N2CCC(C)C(C)(C)C2(C)C)C1=O. The molecule has 2 heterocycles. The summed E-state index contributed by atoms with van der Waals surface area (Å²) >= 11 is 0. The molecule has 5 nitrogen and oxygen atoms in total. The fourth-order valence-corrected chi connectivity index (χ4v) is 4.00. The van der Waals surface area contributed by atoms with Gasteiger partial charge < -0.3 is 14.5 Å². The highest BCUT2D eigenvalue weighted by molar-refractivity contribution is 5.91. The maximum absolute atomic E-state index is 12.7. The van der Waals surface area contributed by atoms with Gasteiger partial charge in [-0.3, -0.25) is 4.79 Å². The van der Waals surface area contributed by atoms with Crippen LogP contribution in [0.1, 0.15) is 67.2 Å². The fourth-order valence-electron chi connectivity index (χ4n) is 4.00. The molecule has 2 saturated heterocycles. The topological polar surface area (TPSA) is 49.9 Å². The number of ether oxygens (including phenoxy) is 1. The number of nitrogens with zero attached hydrogens (tertiary/aromatic N) is 2. The molecule has 2 atom stereocenters. The van der Waals surface area contributed by atoms with Crippen molar-refractivity contribution in [2.24, 2.45) is 11.3 Å². The summed E-state index contributed by atoms with van der Waals surface area (Å²) < 4.78 is 5.59. The van der Waals surface area contributed by atoms with Gasteiger partial charge in [0, 0.05) is 30.4 Å². The van der Waals surface area contributed by atoms with Gasteiger partial charge in [-0.15, -0.1) is 0 Å². The van der Waals surface area contributed by atoms with Crippen molar-refractivity contribution in [3.8, 4) is 0 Å². The normalized spacial score (nSPS) is 28.5. The molecule has 0 N–H and O–H groups in total. The van der Waals surface area contributed by atoms with Gasteiger partial charge in [0.05, 0.1) is 0 Å². The zero-order valence-electron chi connectivity index (χ0n) is 17.9.